The predicted octanol–water partition coefficient (Wildman–Crippen LogP) is 3.86. The SMILES string of the molecule is CSCc1ccc(C(=O)N2CCCC(c3ccc(C(=O)O)cc3)C2)o1. The fourth-order valence-electron chi connectivity index (χ4n) is 3.20. The average Bonchev–Trinajstić information content (AvgIpc) is 3.10. The van der Waals surface area contributed by atoms with Crippen molar-refractivity contribution in [3.05, 3.63) is 59.0 Å². The molecule has 1 unspecified atom stereocenters. The smallest absolute Gasteiger partial charge is 0.335 e. The monoisotopic (exact) mass is 359 g/mol. The topological polar surface area (TPSA) is 70.8 Å². The fraction of sp³-hybridized carbons (Fsp3) is 0.368. The van der Waals surface area contributed by atoms with E-state index in [4.69, 9.17) is 9.52 Å². The standard InChI is InChI=1S/C19H21NO4S/c1-25-12-16-8-9-17(24-16)18(21)20-10-2-3-15(11-20)13-4-6-14(7-5-13)19(22)23/h4-9,15H,2-3,10-12H2,1H3,(H,22,23). The number of hydrogen-bond donors (Lipinski definition) is 1. The van der Waals surface area contributed by atoms with E-state index in [2.05, 4.69) is 0 Å². The van der Waals surface area contributed by atoms with Crippen LogP contribution in [0.15, 0.2) is 40.8 Å². The third-order valence-corrected chi connectivity index (χ3v) is 5.07. The minimum Gasteiger partial charge on any atom is -0.478 e. The summed E-state index contributed by atoms with van der Waals surface area (Å²) in [5.41, 5.74) is 1.36. The van der Waals surface area contributed by atoms with Gasteiger partial charge in [0.1, 0.15) is 5.76 Å². The van der Waals surface area contributed by atoms with Crippen LogP contribution >= 0.6 is 11.8 Å². The van der Waals surface area contributed by atoms with Crippen molar-refractivity contribution in [2.45, 2.75) is 24.5 Å². The molecule has 0 bridgehead atoms. The number of likely N-dealkylation sites (tertiary alicyclic amines) is 1. The summed E-state index contributed by atoms with van der Waals surface area (Å²) in [6.07, 6.45) is 3.91. The second kappa shape index (κ2) is 7.78. The molecule has 1 saturated heterocycles. The lowest BCUT2D eigenvalue weighted by atomic mass is 9.90. The van der Waals surface area contributed by atoms with E-state index in [1.807, 2.05) is 29.4 Å². The minimum atomic E-state index is -0.925. The summed E-state index contributed by atoms with van der Waals surface area (Å²) in [5, 5.41) is 9.00. The van der Waals surface area contributed by atoms with Crippen LogP contribution in [0.2, 0.25) is 0 Å². The number of carboxylic acid groups (broad SMARTS) is 1. The highest BCUT2D eigenvalue weighted by molar-refractivity contribution is 7.97. The van der Waals surface area contributed by atoms with E-state index in [9.17, 15) is 9.59 Å². The Bertz CT molecular complexity index is 753. The van der Waals surface area contributed by atoms with Gasteiger partial charge in [-0.1, -0.05) is 12.1 Å². The number of piperidine rings is 1. The number of aromatic carboxylic acids is 1. The molecule has 0 spiro atoms. The van der Waals surface area contributed by atoms with Gasteiger partial charge in [0, 0.05) is 19.0 Å². The lowest BCUT2D eigenvalue weighted by Gasteiger charge is -2.32. The zero-order valence-electron chi connectivity index (χ0n) is 14.1. The molecule has 1 aliphatic heterocycles. The number of carbonyl (C=O) groups is 2. The molecule has 2 heterocycles. The Balaban J connectivity index is 1.69. The fourth-order valence-corrected chi connectivity index (χ4v) is 3.64. The number of furan rings is 1. The minimum absolute atomic E-state index is 0.0702. The summed E-state index contributed by atoms with van der Waals surface area (Å²) in [6, 6.07) is 10.6. The molecule has 1 aromatic carbocycles. The zero-order valence-corrected chi connectivity index (χ0v) is 14.9. The number of amides is 1. The quantitative estimate of drug-likeness (QED) is 0.878. The Morgan fingerprint density at radius 1 is 1.24 bits per heavy atom. The molecule has 1 fully saturated rings. The van der Waals surface area contributed by atoms with Gasteiger partial charge in [-0.2, -0.15) is 11.8 Å². The second-order valence-corrected chi connectivity index (χ2v) is 7.08. The summed E-state index contributed by atoms with van der Waals surface area (Å²) in [6.45, 7) is 1.35. The maximum atomic E-state index is 12.7. The van der Waals surface area contributed by atoms with Crippen LogP contribution in [0.25, 0.3) is 0 Å². The number of nitrogens with zero attached hydrogens (tertiary/aromatic N) is 1. The predicted molar refractivity (Wildman–Crippen MR) is 97.2 cm³/mol. The molecule has 6 heteroatoms. The van der Waals surface area contributed by atoms with Gasteiger partial charge < -0.3 is 14.4 Å². The number of rotatable bonds is 5. The van der Waals surface area contributed by atoms with Gasteiger partial charge in [0.2, 0.25) is 0 Å². The molecule has 1 atom stereocenters. The van der Waals surface area contributed by atoms with Crippen molar-refractivity contribution in [2.75, 3.05) is 19.3 Å². The van der Waals surface area contributed by atoms with Crippen LogP contribution in [0, 0.1) is 0 Å². The van der Waals surface area contributed by atoms with E-state index in [1.54, 1.807) is 30.0 Å². The Hall–Kier alpha value is -2.21. The molecule has 5 nitrogen and oxygen atoms in total. The van der Waals surface area contributed by atoms with Crippen molar-refractivity contribution in [1.82, 2.24) is 4.90 Å². The Morgan fingerprint density at radius 2 is 2.00 bits per heavy atom. The van der Waals surface area contributed by atoms with Crippen LogP contribution in [0.3, 0.4) is 0 Å². The molecule has 1 N–H and O–H groups in total. The molecule has 2 aromatic rings. The Labute approximate surface area is 151 Å². The first-order chi connectivity index (χ1) is 12.1. The molecular weight excluding hydrogens is 338 g/mol. The van der Waals surface area contributed by atoms with Crippen molar-refractivity contribution in [3.8, 4) is 0 Å². The van der Waals surface area contributed by atoms with Crippen LogP contribution in [0.4, 0.5) is 0 Å². The number of carboxylic acids is 1. The summed E-state index contributed by atoms with van der Waals surface area (Å²) >= 11 is 1.66. The van der Waals surface area contributed by atoms with E-state index in [0.717, 1.165) is 36.5 Å². The third-order valence-electron chi connectivity index (χ3n) is 4.50. The molecule has 0 aliphatic carbocycles. The van der Waals surface area contributed by atoms with Gasteiger partial charge in [0.15, 0.2) is 5.76 Å². The molecule has 1 aliphatic rings. The van der Waals surface area contributed by atoms with Gasteiger partial charge >= 0.3 is 5.97 Å². The molecular formula is C19H21NO4S. The van der Waals surface area contributed by atoms with E-state index < -0.39 is 5.97 Å². The molecule has 0 radical (unpaired) electrons. The van der Waals surface area contributed by atoms with Crippen LogP contribution < -0.4 is 0 Å². The third kappa shape index (κ3) is 4.07. The maximum absolute atomic E-state index is 12.7. The van der Waals surface area contributed by atoms with Gasteiger partial charge in [-0.05, 0) is 48.9 Å². The van der Waals surface area contributed by atoms with Gasteiger partial charge in [0.05, 0.1) is 11.3 Å². The first-order valence-corrected chi connectivity index (χ1v) is 9.68. The summed E-state index contributed by atoms with van der Waals surface area (Å²) in [7, 11) is 0. The van der Waals surface area contributed by atoms with Gasteiger partial charge in [0.25, 0.3) is 5.91 Å². The number of thioether (sulfide) groups is 1. The summed E-state index contributed by atoms with van der Waals surface area (Å²) in [4.78, 5) is 25.5. The lowest BCUT2D eigenvalue weighted by Crippen LogP contribution is -2.39. The van der Waals surface area contributed by atoms with Gasteiger partial charge in [-0.25, -0.2) is 4.79 Å². The number of carbonyl (C=O) groups excluding carboxylic acids is 1. The second-order valence-electron chi connectivity index (χ2n) is 6.22. The summed E-state index contributed by atoms with van der Waals surface area (Å²) < 4.78 is 5.64. The van der Waals surface area contributed by atoms with Crippen molar-refractivity contribution >= 4 is 23.6 Å². The van der Waals surface area contributed by atoms with Crippen LogP contribution in [-0.4, -0.2) is 41.2 Å². The largest absolute Gasteiger partial charge is 0.478 e. The molecule has 25 heavy (non-hydrogen) atoms. The first kappa shape index (κ1) is 17.6. The molecule has 1 aromatic heterocycles. The van der Waals surface area contributed by atoms with Crippen molar-refractivity contribution < 1.29 is 19.1 Å². The highest BCUT2D eigenvalue weighted by atomic mass is 32.2. The number of benzene rings is 1. The highest BCUT2D eigenvalue weighted by Crippen LogP contribution is 2.28. The van der Waals surface area contributed by atoms with E-state index in [-0.39, 0.29) is 17.4 Å². The molecule has 0 saturated carbocycles. The van der Waals surface area contributed by atoms with Crippen LogP contribution in [0.1, 0.15) is 51.0 Å². The Morgan fingerprint density at radius 3 is 2.68 bits per heavy atom. The van der Waals surface area contributed by atoms with Crippen LogP contribution in [-0.2, 0) is 5.75 Å². The highest BCUT2D eigenvalue weighted by Gasteiger charge is 2.27. The van der Waals surface area contributed by atoms with Crippen molar-refractivity contribution in [3.63, 3.8) is 0 Å². The summed E-state index contributed by atoms with van der Waals surface area (Å²) in [5.74, 6) is 1.19. The van der Waals surface area contributed by atoms with E-state index in [1.165, 1.54) is 0 Å². The molecule has 132 valence electrons. The van der Waals surface area contributed by atoms with Gasteiger partial charge in [-0.3, -0.25) is 4.79 Å². The van der Waals surface area contributed by atoms with Gasteiger partial charge in [-0.15, -0.1) is 0 Å². The van der Waals surface area contributed by atoms with Crippen molar-refractivity contribution in [1.29, 1.82) is 0 Å². The maximum Gasteiger partial charge on any atom is 0.335 e. The van der Waals surface area contributed by atoms with Crippen LogP contribution in [0.5, 0.6) is 0 Å². The van der Waals surface area contributed by atoms with Crippen molar-refractivity contribution in [2.24, 2.45) is 0 Å². The molecule has 3 rings (SSSR count). The normalized spacial score (nSPS) is 17.5. The first-order valence-electron chi connectivity index (χ1n) is 8.28. The number of hydrogen-bond acceptors (Lipinski definition) is 4. The average molecular weight is 359 g/mol. The zero-order chi connectivity index (χ0) is 17.8. The van der Waals surface area contributed by atoms with E-state index >= 15 is 0 Å². The molecule has 1 amide bonds. The van der Waals surface area contributed by atoms with E-state index in [0.29, 0.717) is 12.3 Å². The lowest BCUT2D eigenvalue weighted by molar-refractivity contribution is 0.0672. The Kier molecular flexibility index (Phi) is 5.48.